The fourth-order valence-corrected chi connectivity index (χ4v) is 4.37. The number of benzene rings is 2. The van der Waals surface area contributed by atoms with Crippen molar-refractivity contribution in [3.63, 3.8) is 0 Å². The SMILES string of the molecule is CNc1cc(-c2cncnc2Nc2cc(C(=O)Nc3cc(C(F)(F)F)ccc3N(C)CCCN(C)C)ccc2C)ncn1. The van der Waals surface area contributed by atoms with E-state index >= 15 is 0 Å². The maximum atomic E-state index is 13.6. The molecule has 226 valence electrons. The first kappa shape index (κ1) is 31.2. The Morgan fingerprint density at radius 2 is 1.72 bits per heavy atom. The first-order valence-electron chi connectivity index (χ1n) is 13.5. The number of nitrogens with one attached hydrogen (secondary N) is 3. The van der Waals surface area contributed by atoms with Crippen LogP contribution in [0.15, 0.2) is 61.3 Å². The lowest BCUT2D eigenvalue weighted by Crippen LogP contribution is -2.25. The summed E-state index contributed by atoms with van der Waals surface area (Å²) in [5.41, 5.74) is 2.57. The average molecular weight is 594 g/mol. The Morgan fingerprint density at radius 1 is 0.930 bits per heavy atom. The van der Waals surface area contributed by atoms with E-state index in [9.17, 15) is 18.0 Å². The van der Waals surface area contributed by atoms with Gasteiger partial charge in [-0.3, -0.25) is 4.79 Å². The van der Waals surface area contributed by atoms with E-state index in [0.29, 0.717) is 40.8 Å². The highest BCUT2D eigenvalue weighted by molar-refractivity contribution is 6.06. The van der Waals surface area contributed by atoms with Gasteiger partial charge < -0.3 is 25.8 Å². The number of alkyl halides is 3. The number of aromatic nitrogens is 4. The summed E-state index contributed by atoms with van der Waals surface area (Å²) >= 11 is 0. The van der Waals surface area contributed by atoms with Gasteiger partial charge in [0.1, 0.15) is 24.3 Å². The van der Waals surface area contributed by atoms with Crippen LogP contribution in [0.25, 0.3) is 11.3 Å². The van der Waals surface area contributed by atoms with Gasteiger partial charge in [-0.2, -0.15) is 13.2 Å². The molecule has 10 nitrogen and oxygen atoms in total. The van der Waals surface area contributed by atoms with Crippen molar-refractivity contribution in [3.8, 4) is 11.3 Å². The average Bonchev–Trinajstić information content (AvgIpc) is 2.97. The molecule has 0 fully saturated rings. The molecule has 0 radical (unpaired) electrons. The number of nitrogens with zero attached hydrogens (tertiary/aromatic N) is 6. The number of carbonyl (C=O) groups excluding carboxylic acids is 1. The van der Waals surface area contributed by atoms with Crippen LogP contribution in [0.4, 0.5) is 41.9 Å². The summed E-state index contributed by atoms with van der Waals surface area (Å²) in [4.78, 5) is 34.3. The van der Waals surface area contributed by atoms with Crippen LogP contribution in [-0.4, -0.2) is 72.0 Å². The third kappa shape index (κ3) is 7.95. The molecule has 4 aromatic rings. The number of aryl methyl sites for hydroxylation is 1. The molecule has 0 aliphatic rings. The summed E-state index contributed by atoms with van der Waals surface area (Å²) in [6.07, 6.45) is 0.668. The van der Waals surface area contributed by atoms with Crippen molar-refractivity contribution in [3.05, 3.63) is 78.0 Å². The highest BCUT2D eigenvalue weighted by Gasteiger charge is 2.31. The first-order valence-corrected chi connectivity index (χ1v) is 13.5. The van der Waals surface area contributed by atoms with Gasteiger partial charge in [0.2, 0.25) is 0 Å². The van der Waals surface area contributed by atoms with Gasteiger partial charge in [-0.1, -0.05) is 6.07 Å². The lowest BCUT2D eigenvalue weighted by Gasteiger charge is -2.24. The molecule has 1 amide bonds. The Labute approximate surface area is 248 Å². The fraction of sp³-hybridized carbons (Fsp3) is 0.300. The van der Waals surface area contributed by atoms with Crippen molar-refractivity contribution in [2.45, 2.75) is 19.5 Å². The summed E-state index contributed by atoms with van der Waals surface area (Å²) in [5.74, 6) is 0.519. The predicted octanol–water partition coefficient (Wildman–Crippen LogP) is 5.69. The number of carbonyl (C=O) groups is 1. The minimum atomic E-state index is -4.56. The number of amides is 1. The lowest BCUT2D eigenvalue weighted by molar-refractivity contribution is -0.137. The fourth-order valence-electron chi connectivity index (χ4n) is 4.37. The van der Waals surface area contributed by atoms with Gasteiger partial charge in [0, 0.05) is 44.2 Å². The van der Waals surface area contributed by atoms with E-state index in [1.54, 1.807) is 44.6 Å². The molecule has 0 aliphatic heterocycles. The Kier molecular flexibility index (Phi) is 9.76. The number of halogens is 3. The van der Waals surface area contributed by atoms with E-state index in [1.807, 2.05) is 30.8 Å². The van der Waals surface area contributed by atoms with Crippen LogP contribution < -0.4 is 20.9 Å². The molecule has 0 spiro atoms. The third-order valence-corrected chi connectivity index (χ3v) is 6.75. The van der Waals surface area contributed by atoms with Gasteiger partial charge in [-0.15, -0.1) is 0 Å². The number of rotatable bonds is 11. The van der Waals surface area contributed by atoms with Crippen LogP contribution in [0.5, 0.6) is 0 Å². The quantitative estimate of drug-likeness (QED) is 0.202. The zero-order valence-corrected chi connectivity index (χ0v) is 24.6. The predicted molar refractivity (Wildman–Crippen MR) is 163 cm³/mol. The van der Waals surface area contributed by atoms with E-state index < -0.39 is 17.6 Å². The molecule has 4 rings (SSSR count). The summed E-state index contributed by atoms with van der Waals surface area (Å²) in [5, 5.41) is 8.93. The van der Waals surface area contributed by atoms with Crippen molar-refractivity contribution in [2.24, 2.45) is 0 Å². The van der Waals surface area contributed by atoms with Crippen LogP contribution >= 0.6 is 0 Å². The molecule has 2 aromatic heterocycles. The topological polar surface area (TPSA) is 111 Å². The van der Waals surface area contributed by atoms with Gasteiger partial charge in [0.15, 0.2) is 0 Å². The van der Waals surface area contributed by atoms with Crippen LogP contribution in [0.3, 0.4) is 0 Å². The molecule has 0 aliphatic carbocycles. The normalized spacial score (nSPS) is 11.4. The Bertz CT molecular complexity index is 1580. The minimum Gasteiger partial charge on any atom is -0.373 e. The maximum Gasteiger partial charge on any atom is 0.416 e. The highest BCUT2D eigenvalue weighted by Crippen LogP contribution is 2.36. The molecule has 0 unspecified atom stereocenters. The van der Waals surface area contributed by atoms with E-state index in [-0.39, 0.29) is 11.3 Å². The summed E-state index contributed by atoms with van der Waals surface area (Å²) in [6.45, 7) is 3.27. The van der Waals surface area contributed by atoms with E-state index in [2.05, 4.69) is 35.9 Å². The van der Waals surface area contributed by atoms with Crippen molar-refractivity contribution in [1.82, 2.24) is 24.8 Å². The van der Waals surface area contributed by atoms with Gasteiger partial charge in [0.05, 0.1) is 28.2 Å². The van der Waals surface area contributed by atoms with E-state index in [4.69, 9.17) is 0 Å². The molecule has 43 heavy (non-hydrogen) atoms. The van der Waals surface area contributed by atoms with Crippen LogP contribution in [0, 0.1) is 6.92 Å². The number of hydrogen-bond donors (Lipinski definition) is 3. The van der Waals surface area contributed by atoms with Crippen molar-refractivity contribution in [1.29, 1.82) is 0 Å². The van der Waals surface area contributed by atoms with Gasteiger partial charge in [0.25, 0.3) is 5.91 Å². The van der Waals surface area contributed by atoms with Crippen molar-refractivity contribution in [2.75, 3.05) is 62.1 Å². The maximum absolute atomic E-state index is 13.6. The molecule has 13 heteroatoms. The van der Waals surface area contributed by atoms with Gasteiger partial charge >= 0.3 is 6.18 Å². The van der Waals surface area contributed by atoms with Crippen molar-refractivity contribution >= 4 is 34.6 Å². The molecule has 2 heterocycles. The summed E-state index contributed by atoms with van der Waals surface area (Å²) in [6, 6.07) is 10.1. The first-order chi connectivity index (χ1) is 20.5. The zero-order chi connectivity index (χ0) is 31.1. The van der Waals surface area contributed by atoms with Crippen LogP contribution in [0.1, 0.15) is 27.9 Å². The zero-order valence-electron chi connectivity index (χ0n) is 24.6. The monoisotopic (exact) mass is 593 g/mol. The molecule has 3 N–H and O–H groups in total. The van der Waals surface area contributed by atoms with Crippen molar-refractivity contribution < 1.29 is 18.0 Å². The third-order valence-electron chi connectivity index (χ3n) is 6.75. The second kappa shape index (κ2) is 13.5. The van der Waals surface area contributed by atoms with Gasteiger partial charge in [-0.25, -0.2) is 19.9 Å². The Balaban J connectivity index is 1.62. The molecular weight excluding hydrogens is 559 g/mol. The highest BCUT2D eigenvalue weighted by atomic mass is 19.4. The van der Waals surface area contributed by atoms with Crippen LogP contribution in [0.2, 0.25) is 0 Å². The second-order valence-corrected chi connectivity index (χ2v) is 10.2. The van der Waals surface area contributed by atoms with Gasteiger partial charge in [-0.05, 0) is 69.9 Å². The number of anilines is 5. The molecular formula is C30H34F3N9O. The smallest absolute Gasteiger partial charge is 0.373 e. The Morgan fingerprint density at radius 3 is 2.44 bits per heavy atom. The molecule has 0 saturated heterocycles. The summed E-state index contributed by atoms with van der Waals surface area (Å²) in [7, 11) is 7.45. The number of hydrogen-bond acceptors (Lipinski definition) is 9. The summed E-state index contributed by atoms with van der Waals surface area (Å²) < 4.78 is 40.8. The molecule has 0 saturated carbocycles. The second-order valence-electron chi connectivity index (χ2n) is 10.2. The Hall–Kier alpha value is -4.78. The molecule has 0 bridgehead atoms. The van der Waals surface area contributed by atoms with Crippen LogP contribution in [-0.2, 0) is 6.18 Å². The lowest BCUT2D eigenvalue weighted by atomic mass is 10.1. The molecule has 2 aromatic carbocycles. The minimum absolute atomic E-state index is 0.0736. The molecule has 0 atom stereocenters. The van der Waals surface area contributed by atoms with E-state index in [0.717, 1.165) is 30.7 Å². The van der Waals surface area contributed by atoms with E-state index in [1.165, 1.54) is 18.7 Å². The standard InChI is InChI=1S/C30H34F3N9O/c1-19-7-8-20(13-23(19)39-28-22(16-35-17-38-28)24-15-27(34-2)37-18-36-24)29(43)40-25-14-21(30(31,32)33)9-10-26(25)42(5)12-6-11-41(3)4/h7-10,13-18H,6,11-12H2,1-5H3,(H,40,43)(H,34,36,37)(H,35,38,39). The largest absolute Gasteiger partial charge is 0.416 e.